The predicted molar refractivity (Wildman–Crippen MR) is 36.4 cm³/mol. The van der Waals surface area contributed by atoms with Crippen LogP contribution in [0.4, 0.5) is 0 Å². The van der Waals surface area contributed by atoms with E-state index in [1.54, 1.807) is 6.92 Å². The van der Waals surface area contributed by atoms with E-state index < -0.39 is 6.29 Å². The number of carbonyl (C=O) groups is 1. The van der Waals surface area contributed by atoms with Gasteiger partial charge in [-0.1, -0.05) is 15.9 Å². The number of rotatable bonds is 3. The summed E-state index contributed by atoms with van der Waals surface area (Å²) in [6, 6.07) is 0. The summed E-state index contributed by atoms with van der Waals surface area (Å²) < 4.78 is 9.30. The van der Waals surface area contributed by atoms with Gasteiger partial charge in [0, 0.05) is 7.11 Å². The second-order valence-corrected chi connectivity index (χ2v) is 1.99. The molecule has 0 spiro atoms. The molecule has 0 N–H and O–H groups in total. The van der Waals surface area contributed by atoms with Crippen LogP contribution in [0.2, 0.25) is 0 Å². The van der Waals surface area contributed by atoms with Crippen molar-refractivity contribution in [3.63, 3.8) is 0 Å². The molecule has 0 aromatic heterocycles. The first-order chi connectivity index (χ1) is 4.20. The van der Waals surface area contributed by atoms with Gasteiger partial charge >= 0.3 is 5.97 Å². The van der Waals surface area contributed by atoms with E-state index in [4.69, 9.17) is 0 Å². The van der Waals surface area contributed by atoms with Gasteiger partial charge in [-0.25, -0.2) is 0 Å². The number of hydrogen-bond acceptors (Lipinski definition) is 3. The Morgan fingerprint density at radius 3 is 2.67 bits per heavy atom. The second-order valence-electron chi connectivity index (χ2n) is 1.43. The van der Waals surface area contributed by atoms with Crippen molar-refractivity contribution in [1.29, 1.82) is 0 Å². The number of alkyl halides is 1. The zero-order valence-electron chi connectivity index (χ0n) is 5.39. The maximum Gasteiger partial charge on any atom is 0.318 e. The van der Waals surface area contributed by atoms with E-state index >= 15 is 0 Å². The summed E-state index contributed by atoms with van der Waals surface area (Å²) in [7, 11) is 1.48. The Bertz CT molecular complexity index is 94.2. The summed E-state index contributed by atoms with van der Waals surface area (Å²) in [6.45, 7) is 1.65. The Morgan fingerprint density at radius 2 is 2.33 bits per heavy atom. The number of ether oxygens (including phenoxy) is 2. The summed E-state index contributed by atoms with van der Waals surface area (Å²) in [5, 5.41) is 0.209. The number of esters is 1. The van der Waals surface area contributed by atoms with Gasteiger partial charge in [-0.15, -0.1) is 0 Å². The lowest BCUT2D eigenvalue weighted by atomic mass is 10.7. The largest absolute Gasteiger partial charge is 0.435 e. The summed E-state index contributed by atoms with van der Waals surface area (Å²) in [5.41, 5.74) is 0. The highest BCUT2D eigenvalue weighted by molar-refractivity contribution is 9.09. The maximum atomic E-state index is 10.4. The zero-order valence-corrected chi connectivity index (χ0v) is 6.97. The molecule has 0 radical (unpaired) electrons. The van der Waals surface area contributed by atoms with Gasteiger partial charge < -0.3 is 9.47 Å². The molecule has 9 heavy (non-hydrogen) atoms. The highest BCUT2D eigenvalue weighted by atomic mass is 79.9. The summed E-state index contributed by atoms with van der Waals surface area (Å²) in [4.78, 5) is 10.4. The monoisotopic (exact) mass is 196 g/mol. The third-order valence-electron chi connectivity index (χ3n) is 0.738. The molecular weight excluding hydrogens is 188 g/mol. The van der Waals surface area contributed by atoms with Gasteiger partial charge in [-0.05, 0) is 6.92 Å². The van der Waals surface area contributed by atoms with Crippen LogP contribution >= 0.6 is 15.9 Å². The van der Waals surface area contributed by atoms with Crippen LogP contribution in [0.3, 0.4) is 0 Å². The molecule has 3 nitrogen and oxygen atoms in total. The minimum Gasteiger partial charge on any atom is -0.435 e. The van der Waals surface area contributed by atoms with E-state index in [0.29, 0.717) is 0 Å². The average molecular weight is 197 g/mol. The summed E-state index contributed by atoms with van der Waals surface area (Å²) in [5.74, 6) is -0.315. The maximum absolute atomic E-state index is 10.4. The van der Waals surface area contributed by atoms with Crippen LogP contribution in [0.15, 0.2) is 0 Å². The van der Waals surface area contributed by atoms with Crippen molar-refractivity contribution in [3.05, 3.63) is 0 Å². The van der Waals surface area contributed by atoms with Crippen LogP contribution in [-0.4, -0.2) is 24.7 Å². The lowest BCUT2D eigenvalue weighted by Gasteiger charge is -2.08. The van der Waals surface area contributed by atoms with E-state index in [2.05, 4.69) is 25.4 Å². The van der Waals surface area contributed by atoms with Crippen LogP contribution in [0.25, 0.3) is 0 Å². The number of halogens is 1. The molecule has 0 aliphatic rings. The van der Waals surface area contributed by atoms with Crippen LogP contribution in [0.5, 0.6) is 0 Å². The molecule has 0 aliphatic carbocycles. The molecule has 1 unspecified atom stereocenters. The molecule has 1 atom stereocenters. The number of methoxy groups -OCH3 is 1. The van der Waals surface area contributed by atoms with Crippen LogP contribution in [0.1, 0.15) is 6.92 Å². The molecule has 0 rings (SSSR count). The van der Waals surface area contributed by atoms with Crippen molar-refractivity contribution in [2.45, 2.75) is 13.2 Å². The Labute approximate surface area is 62.5 Å². The SMILES string of the molecule is COC(C)OC(=O)CBr. The molecule has 4 heteroatoms. The molecule has 0 aromatic rings. The molecule has 0 bridgehead atoms. The van der Waals surface area contributed by atoms with Crippen molar-refractivity contribution in [2.75, 3.05) is 12.4 Å². The highest BCUT2D eigenvalue weighted by Gasteiger charge is 2.04. The standard InChI is InChI=1S/C5H9BrO3/c1-4(8-2)9-5(7)3-6/h4H,3H2,1-2H3. The van der Waals surface area contributed by atoms with Gasteiger partial charge in [0.05, 0.1) is 0 Å². The average Bonchev–Trinajstić information content (AvgIpc) is 1.87. The molecule has 0 heterocycles. The fourth-order valence-electron chi connectivity index (χ4n) is 0.265. The fraction of sp³-hybridized carbons (Fsp3) is 0.800. The van der Waals surface area contributed by atoms with Crippen molar-refractivity contribution in [2.24, 2.45) is 0 Å². The molecule has 0 saturated heterocycles. The molecule has 0 aromatic carbocycles. The summed E-state index contributed by atoms with van der Waals surface area (Å²) in [6.07, 6.45) is -0.449. The third kappa shape index (κ3) is 4.42. The molecule has 0 fully saturated rings. The Morgan fingerprint density at radius 1 is 1.78 bits per heavy atom. The normalized spacial score (nSPS) is 12.8. The first kappa shape index (κ1) is 8.91. The van der Waals surface area contributed by atoms with Gasteiger partial charge in [-0.3, -0.25) is 4.79 Å². The van der Waals surface area contributed by atoms with E-state index in [1.165, 1.54) is 7.11 Å². The van der Waals surface area contributed by atoms with Gasteiger partial charge in [0.25, 0.3) is 0 Å². The van der Waals surface area contributed by atoms with Crippen molar-refractivity contribution in [3.8, 4) is 0 Å². The Hall–Kier alpha value is -0.0900. The molecule has 54 valence electrons. The first-order valence-electron chi connectivity index (χ1n) is 2.49. The second kappa shape index (κ2) is 4.76. The van der Waals surface area contributed by atoms with E-state index in [9.17, 15) is 4.79 Å². The topological polar surface area (TPSA) is 35.5 Å². The van der Waals surface area contributed by atoms with Gasteiger partial charge in [-0.2, -0.15) is 0 Å². The van der Waals surface area contributed by atoms with Gasteiger partial charge in [0.15, 0.2) is 6.29 Å². The molecule has 0 saturated carbocycles. The number of carbonyl (C=O) groups excluding carboxylic acids is 1. The van der Waals surface area contributed by atoms with Crippen molar-refractivity contribution < 1.29 is 14.3 Å². The predicted octanol–water partition coefficient (Wildman–Crippen LogP) is 0.917. The Kier molecular flexibility index (Phi) is 4.71. The molecular formula is C5H9BrO3. The lowest BCUT2D eigenvalue weighted by Crippen LogP contribution is -2.16. The Balaban J connectivity index is 3.34. The number of hydrogen-bond donors (Lipinski definition) is 0. The zero-order chi connectivity index (χ0) is 7.28. The first-order valence-corrected chi connectivity index (χ1v) is 3.61. The summed E-state index contributed by atoms with van der Waals surface area (Å²) >= 11 is 2.94. The smallest absolute Gasteiger partial charge is 0.318 e. The molecule has 0 aliphatic heterocycles. The van der Waals surface area contributed by atoms with Gasteiger partial charge in [0.2, 0.25) is 0 Å². The van der Waals surface area contributed by atoms with E-state index in [0.717, 1.165) is 0 Å². The van der Waals surface area contributed by atoms with Crippen LogP contribution in [0, 0.1) is 0 Å². The molecule has 0 amide bonds. The minimum absolute atomic E-state index is 0.209. The van der Waals surface area contributed by atoms with Gasteiger partial charge in [0.1, 0.15) is 5.33 Å². The fourth-order valence-corrected chi connectivity index (χ4v) is 0.397. The highest BCUT2D eigenvalue weighted by Crippen LogP contribution is 1.93. The van der Waals surface area contributed by atoms with Crippen LogP contribution < -0.4 is 0 Å². The van der Waals surface area contributed by atoms with E-state index in [-0.39, 0.29) is 11.3 Å². The minimum atomic E-state index is -0.449. The van der Waals surface area contributed by atoms with Crippen molar-refractivity contribution >= 4 is 21.9 Å². The third-order valence-corrected chi connectivity index (χ3v) is 1.20. The quantitative estimate of drug-likeness (QED) is 0.383. The van der Waals surface area contributed by atoms with E-state index in [1.807, 2.05) is 0 Å². The lowest BCUT2D eigenvalue weighted by molar-refractivity contribution is -0.166. The van der Waals surface area contributed by atoms with Crippen molar-refractivity contribution in [1.82, 2.24) is 0 Å². The van der Waals surface area contributed by atoms with Crippen LogP contribution in [-0.2, 0) is 14.3 Å².